The first-order chi connectivity index (χ1) is 16.1. The number of rotatable bonds is 4. The summed E-state index contributed by atoms with van der Waals surface area (Å²) < 4.78 is 20.7. The third kappa shape index (κ3) is 5.77. The predicted molar refractivity (Wildman–Crippen MR) is 127 cm³/mol. The molecule has 1 fully saturated rings. The van der Waals surface area contributed by atoms with Gasteiger partial charge in [-0.1, -0.05) is 12.1 Å². The van der Waals surface area contributed by atoms with Crippen molar-refractivity contribution < 1.29 is 18.7 Å². The molecule has 7 nitrogen and oxygen atoms in total. The highest BCUT2D eigenvalue weighted by Crippen LogP contribution is 2.27. The summed E-state index contributed by atoms with van der Waals surface area (Å²) in [5.74, 6) is 0.183. The molecule has 0 unspecified atom stereocenters. The third-order valence-electron chi connectivity index (χ3n) is 6.67. The number of hydrogen-bond acceptors (Lipinski definition) is 4. The lowest BCUT2D eigenvalue weighted by atomic mass is 9.92. The zero-order valence-electron chi connectivity index (χ0n) is 20.6. The molecule has 2 amide bonds. The number of likely N-dealkylation sites (tertiary alicyclic amines) is 1. The number of hydrogen-bond donors (Lipinski definition) is 0. The van der Waals surface area contributed by atoms with Gasteiger partial charge in [0.25, 0.3) is 0 Å². The van der Waals surface area contributed by atoms with Gasteiger partial charge in [-0.05, 0) is 76.1 Å². The molecule has 0 bridgehead atoms. The molecule has 2 aromatic rings. The van der Waals surface area contributed by atoms with E-state index in [1.165, 1.54) is 17.7 Å². The number of nitrogens with zero attached hydrogens (tertiary/aromatic N) is 4. The van der Waals surface area contributed by atoms with Crippen molar-refractivity contribution in [2.24, 2.45) is 5.92 Å². The number of aromatic nitrogens is 2. The van der Waals surface area contributed by atoms with Gasteiger partial charge in [-0.3, -0.25) is 9.48 Å². The molecule has 1 saturated heterocycles. The Labute approximate surface area is 200 Å². The van der Waals surface area contributed by atoms with Gasteiger partial charge < -0.3 is 14.5 Å². The lowest BCUT2D eigenvalue weighted by Crippen LogP contribution is -2.43. The second-order valence-corrected chi connectivity index (χ2v) is 10.5. The van der Waals surface area contributed by atoms with Gasteiger partial charge in [0.1, 0.15) is 11.4 Å². The first-order valence-electron chi connectivity index (χ1n) is 12.1. The number of aryl methyl sites for hydroxylation is 1. The average molecular weight is 471 g/mol. The monoisotopic (exact) mass is 470 g/mol. The lowest BCUT2D eigenvalue weighted by Gasteiger charge is -2.34. The molecule has 3 heterocycles. The number of amides is 2. The van der Waals surface area contributed by atoms with E-state index < -0.39 is 5.60 Å². The van der Waals surface area contributed by atoms with Gasteiger partial charge in [-0.15, -0.1) is 0 Å². The summed E-state index contributed by atoms with van der Waals surface area (Å²) in [4.78, 5) is 29.1. The van der Waals surface area contributed by atoms with Crippen LogP contribution in [-0.4, -0.2) is 56.8 Å². The van der Waals surface area contributed by atoms with Crippen molar-refractivity contribution in [1.82, 2.24) is 19.6 Å². The summed E-state index contributed by atoms with van der Waals surface area (Å²) in [6, 6.07) is 6.46. The van der Waals surface area contributed by atoms with Gasteiger partial charge in [0.2, 0.25) is 5.91 Å². The van der Waals surface area contributed by atoms with Crippen LogP contribution in [0, 0.1) is 18.7 Å². The maximum Gasteiger partial charge on any atom is 0.410 e. The van der Waals surface area contributed by atoms with Gasteiger partial charge in [-0.2, -0.15) is 5.10 Å². The summed E-state index contributed by atoms with van der Waals surface area (Å²) in [7, 11) is 0. The third-order valence-corrected chi connectivity index (χ3v) is 6.67. The van der Waals surface area contributed by atoms with Crippen LogP contribution in [0.25, 0.3) is 0 Å². The minimum Gasteiger partial charge on any atom is -0.444 e. The molecule has 4 rings (SSSR count). The lowest BCUT2D eigenvalue weighted by molar-refractivity contribution is -0.133. The molecule has 0 aliphatic carbocycles. The molecule has 1 aromatic heterocycles. The van der Waals surface area contributed by atoms with Crippen LogP contribution in [0.2, 0.25) is 0 Å². The van der Waals surface area contributed by atoms with Gasteiger partial charge >= 0.3 is 6.09 Å². The van der Waals surface area contributed by atoms with Crippen molar-refractivity contribution in [3.63, 3.8) is 0 Å². The second kappa shape index (κ2) is 9.76. The minimum atomic E-state index is -0.501. The van der Waals surface area contributed by atoms with Crippen molar-refractivity contribution in [1.29, 1.82) is 0 Å². The van der Waals surface area contributed by atoms with Crippen LogP contribution >= 0.6 is 0 Å². The highest BCUT2D eigenvalue weighted by Gasteiger charge is 2.31. The second-order valence-electron chi connectivity index (χ2n) is 10.5. The largest absolute Gasteiger partial charge is 0.444 e. The van der Waals surface area contributed by atoms with Gasteiger partial charge in [0.15, 0.2) is 0 Å². The average Bonchev–Trinajstić information content (AvgIpc) is 3.09. The Morgan fingerprint density at radius 3 is 2.41 bits per heavy atom. The molecule has 34 heavy (non-hydrogen) atoms. The SMILES string of the molecule is Cc1nn(Cc2ccc(F)cc2)c2c1CCN(C(=O)CC1CCN(C(=O)OC(C)(C)C)CC1)C2. The van der Waals surface area contributed by atoms with Crippen LogP contribution in [0.3, 0.4) is 0 Å². The van der Waals surface area contributed by atoms with E-state index in [-0.39, 0.29) is 23.7 Å². The molecular weight excluding hydrogens is 435 g/mol. The molecule has 2 aliphatic rings. The van der Waals surface area contributed by atoms with E-state index in [4.69, 9.17) is 9.84 Å². The van der Waals surface area contributed by atoms with Crippen molar-refractivity contribution in [2.45, 2.75) is 72.1 Å². The zero-order valence-corrected chi connectivity index (χ0v) is 20.6. The van der Waals surface area contributed by atoms with Gasteiger partial charge in [-0.25, -0.2) is 9.18 Å². The number of ether oxygens (including phenoxy) is 1. The quantitative estimate of drug-likeness (QED) is 0.668. The minimum absolute atomic E-state index is 0.161. The summed E-state index contributed by atoms with van der Waals surface area (Å²) >= 11 is 0. The molecular formula is C26H35FN4O3. The molecule has 0 saturated carbocycles. The van der Waals surface area contributed by atoms with Crippen LogP contribution in [0.1, 0.15) is 62.5 Å². The Morgan fingerprint density at radius 1 is 1.09 bits per heavy atom. The Balaban J connectivity index is 1.33. The van der Waals surface area contributed by atoms with E-state index in [0.29, 0.717) is 39.1 Å². The maximum atomic E-state index is 13.3. The summed E-state index contributed by atoms with van der Waals surface area (Å²) in [6.45, 7) is 10.7. The van der Waals surface area contributed by atoms with Crippen LogP contribution in [0.5, 0.6) is 0 Å². The van der Waals surface area contributed by atoms with E-state index in [1.807, 2.05) is 37.3 Å². The molecule has 1 aromatic carbocycles. The molecule has 184 valence electrons. The number of fused-ring (bicyclic) bond motifs is 1. The van der Waals surface area contributed by atoms with Crippen LogP contribution in [0.4, 0.5) is 9.18 Å². The fourth-order valence-electron chi connectivity index (χ4n) is 4.80. The van der Waals surface area contributed by atoms with E-state index in [1.54, 1.807) is 17.0 Å². The summed E-state index contributed by atoms with van der Waals surface area (Å²) in [5, 5.41) is 4.71. The van der Waals surface area contributed by atoms with Crippen molar-refractivity contribution in [2.75, 3.05) is 19.6 Å². The van der Waals surface area contributed by atoms with Gasteiger partial charge in [0, 0.05) is 26.1 Å². The predicted octanol–water partition coefficient (Wildman–Crippen LogP) is 4.30. The Bertz CT molecular complexity index is 1030. The van der Waals surface area contributed by atoms with Crippen molar-refractivity contribution in [3.8, 4) is 0 Å². The fourth-order valence-corrected chi connectivity index (χ4v) is 4.80. The topological polar surface area (TPSA) is 67.7 Å². The summed E-state index contributed by atoms with van der Waals surface area (Å²) in [5.41, 5.74) is 3.77. The molecule has 0 atom stereocenters. The van der Waals surface area contributed by atoms with Crippen LogP contribution in [-0.2, 0) is 29.0 Å². The first kappa shape index (κ1) is 24.2. The molecule has 8 heteroatoms. The van der Waals surface area contributed by atoms with Crippen molar-refractivity contribution >= 4 is 12.0 Å². The van der Waals surface area contributed by atoms with E-state index in [0.717, 1.165) is 36.2 Å². The van der Waals surface area contributed by atoms with Crippen LogP contribution in [0.15, 0.2) is 24.3 Å². The highest BCUT2D eigenvalue weighted by atomic mass is 19.1. The molecule has 0 N–H and O–H groups in total. The fraction of sp³-hybridized carbons (Fsp3) is 0.577. The number of piperidine rings is 1. The van der Waals surface area contributed by atoms with Gasteiger partial charge in [0.05, 0.1) is 24.5 Å². The van der Waals surface area contributed by atoms with E-state index >= 15 is 0 Å². The number of halogens is 1. The van der Waals surface area contributed by atoms with Crippen molar-refractivity contribution in [3.05, 3.63) is 52.6 Å². The summed E-state index contributed by atoms with van der Waals surface area (Å²) in [6.07, 6.45) is 2.65. The highest BCUT2D eigenvalue weighted by molar-refractivity contribution is 5.77. The number of carbonyl (C=O) groups is 2. The van der Waals surface area contributed by atoms with E-state index in [9.17, 15) is 14.0 Å². The van der Waals surface area contributed by atoms with Crippen LogP contribution < -0.4 is 0 Å². The number of benzene rings is 1. The molecule has 0 spiro atoms. The molecule has 0 radical (unpaired) electrons. The zero-order chi connectivity index (χ0) is 24.5. The molecule has 2 aliphatic heterocycles. The first-order valence-corrected chi connectivity index (χ1v) is 12.1. The Kier molecular flexibility index (Phi) is 6.96. The van der Waals surface area contributed by atoms with E-state index in [2.05, 4.69) is 0 Å². The Hall–Kier alpha value is -2.90. The normalized spacial score (nSPS) is 17.0. The number of carbonyl (C=O) groups excluding carboxylic acids is 2. The Morgan fingerprint density at radius 2 is 1.76 bits per heavy atom. The maximum absolute atomic E-state index is 13.3. The standard InChI is InChI=1S/C26H35FN4O3/c1-18-22-11-14-30(17-23(22)31(28-18)16-20-5-7-21(27)8-6-20)24(32)15-19-9-12-29(13-10-19)25(33)34-26(2,3)4/h5-8,19H,9-17H2,1-4H3. The smallest absolute Gasteiger partial charge is 0.410 e.